The van der Waals surface area contributed by atoms with Crippen LogP contribution in [0.3, 0.4) is 0 Å². The predicted octanol–water partition coefficient (Wildman–Crippen LogP) is 1.60. The first-order valence-electron chi connectivity index (χ1n) is 6.11. The normalized spacial score (nSPS) is 18.9. The highest BCUT2D eigenvalue weighted by Crippen LogP contribution is 2.21. The average molecular weight is 277 g/mol. The largest absolute Gasteiger partial charge is 0.486 e. The second-order valence-electron chi connectivity index (χ2n) is 4.50. The Balaban J connectivity index is 2.17. The Morgan fingerprint density at radius 1 is 1.42 bits per heavy atom. The second kappa shape index (κ2) is 5.93. The zero-order valence-corrected chi connectivity index (χ0v) is 11.5. The smallest absolute Gasteiger partial charge is 0.230 e. The maximum Gasteiger partial charge on any atom is 0.230 e. The molecule has 2 amide bonds. The molecule has 1 atom stereocenters. The van der Waals surface area contributed by atoms with E-state index in [1.165, 1.54) is 7.11 Å². The van der Waals surface area contributed by atoms with Crippen LogP contribution in [0.25, 0.3) is 0 Å². The molecule has 0 radical (unpaired) electrons. The number of methoxy groups -OCH3 is 1. The summed E-state index contributed by atoms with van der Waals surface area (Å²) in [7, 11) is 1.53. The molecule has 1 aliphatic heterocycles. The van der Waals surface area contributed by atoms with Crippen molar-refractivity contribution >= 4 is 29.1 Å². The number of benzene rings is 1. The molecule has 5 heteroatoms. The molecule has 1 aromatic rings. The summed E-state index contributed by atoms with van der Waals surface area (Å²) in [4.78, 5) is 22.9. The van der Waals surface area contributed by atoms with E-state index in [1.54, 1.807) is 0 Å². The van der Waals surface area contributed by atoms with Crippen molar-refractivity contribution in [2.75, 3.05) is 7.11 Å². The van der Waals surface area contributed by atoms with Gasteiger partial charge in [0.25, 0.3) is 0 Å². The summed E-state index contributed by atoms with van der Waals surface area (Å²) in [5.41, 5.74) is 1.81. The lowest BCUT2D eigenvalue weighted by atomic mass is 9.89. The average Bonchev–Trinajstić information content (AvgIpc) is 2.41. The molecule has 2 rings (SSSR count). The monoisotopic (exact) mass is 277 g/mol. The van der Waals surface area contributed by atoms with Crippen molar-refractivity contribution in [3.63, 3.8) is 0 Å². The van der Waals surface area contributed by atoms with Crippen LogP contribution in [0.1, 0.15) is 24.0 Å². The number of piperidine rings is 1. The molecule has 4 nitrogen and oxygen atoms in total. The third-order valence-electron chi connectivity index (χ3n) is 3.24. The molecule has 1 saturated heterocycles. The van der Waals surface area contributed by atoms with E-state index in [9.17, 15) is 9.59 Å². The summed E-state index contributed by atoms with van der Waals surface area (Å²) in [6.07, 6.45) is 1.55. The summed E-state index contributed by atoms with van der Waals surface area (Å²) in [5, 5.41) is 2.79. The van der Waals surface area contributed by atoms with E-state index < -0.39 is 0 Å². The molecule has 19 heavy (non-hydrogen) atoms. The number of hydrogen-bond acceptors (Lipinski definition) is 4. The van der Waals surface area contributed by atoms with E-state index >= 15 is 0 Å². The topological polar surface area (TPSA) is 55.4 Å². The van der Waals surface area contributed by atoms with Crippen LogP contribution in [0.15, 0.2) is 24.3 Å². The van der Waals surface area contributed by atoms with Crippen LogP contribution in [-0.4, -0.2) is 24.0 Å². The lowest BCUT2D eigenvalue weighted by Crippen LogP contribution is -2.41. The Kier molecular flexibility index (Phi) is 4.27. The SMILES string of the molecule is COC(=S)c1ccccc1CC1CCC(=O)NC1=O. The van der Waals surface area contributed by atoms with Crippen LogP contribution < -0.4 is 5.32 Å². The highest BCUT2D eigenvalue weighted by Gasteiger charge is 2.27. The Morgan fingerprint density at radius 2 is 2.16 bits per heavy atom. The molecule has 1 fully saturated rings. The van der Waals surface area contributed by atoms with E-state index in [2.05, 4.69) is 5.32 Å². The number of carbonyl (C=O) groups is 2. The second-order valence-corrected chi connectivity index (χ2v) is 4.87. The van der Waals surface area contributed by atoms with Gasteiger partial charge in [0.15, 0.2) is 5.05 Å². The molecule has 1 aromatic carbocycles. The summed E-state index contributed by atoms with van der Waals surface area (Å²) in [5.74, 6) is -0.574. The van der Waals surface area contributed by atoms with Gasteiger partial charge in [-0.3, -0.25) is 14.9 Å². The van der Waals surface area contributed by atoms with Crippen LogP contribution in [-0.2, 0) is 20.7 Å². The third kappa shape index (κ3) is 3.17. The third-order valence-corrected chi connectivity index (χ3v) is 3.63. The molecule has 1 aliphatic rings. The molecule has 0 saturated carbocycles. The fourth-order valence-corrected chi connectivity index (χ4v) is 2.41. The maximum atomic E-state index is 11.8. The summed E-state index contributed by atoms with van der Waals surface area (Å²) >= 11 is 5.15. The molecule has 0 spiro atoms. The predicted molar refractivity (Wildman–Crippen MR) is 74.7 cm³/mol. The minimum Gasteiger partial charge on any atom is -0.486 e. The fraction of sp³-hybridized carbons (Fsp3) is 0.357. The number of nitrogens with one attached hydrogen (secondary N) is 1. The molecule has 0 aliphatic carbocycles. The van der Waals surface area contributed by atoms with Gasteiger partial charge in [0.2, 0.25) is 11.8 Å². The van der Waals surface area contributed by atoms with E-state index in [1.807, 2.05) is 24.3 Å². The van der Waals surface area contributed by atoms with Crippen LogP contribution in [0.2, 0.25) is 0 Å². The Labute approximate surface area is 117 Å². The standard InChI is InChI=1S/C14H15NO3S/c1-18-14(19)11-5-3-2-4-9(11)8-10-6-7-12(16)15-13(10)17/h2-5,10H,6-8H2,1H3,(H,15,16,17). The zero-order valence-electron chi connectivity index (χ0n) is 10.6. The van der Waals surface area contributed by atoms with Crippen LogP contribution in [0, 0.1) is 5.92 Å². The molecule has 100 valence electrons. The molecule has 1 heterocycles. The highest BCUT2D eigenvalue weighted by molar-refractivity contribution is 7.80. The van der Waals surface area contributed by atoms with Crippen molar-refractivity contribution in [1.29, 1.82) is 0 Å². The van der Waals surface area contributed by atoms with Gasteiger partial charge in [-0.2, -0.15) is 0 Å². The van der Waals surface area contributed by atoms with Gasteiger partial charge in [0.1, 0.15) is 0 Å². The first-order chi connectivity index (χ1) is 9.11. The quantitative estimate of drug-likeness (QED) is 0.673. The van der Waals surface area contributed by atoms with Gasteiger partial charge in [0.05, 0.1) is 7.11 Å². The van der Waals surface area contributed by atoms with Gasteiger partial charge < -0.3 is 4.74 Å². The lowest BCUT2D eigenvalue weighted by molar-refractivity contribution is -0.136. The van der Waals surface area contributed by atoms with Crippen molar-refractivity contribution < 1.29 is 14.3 Å². The summed E-state index contributed by atoms with van der Waals surface area (Å²) < 4.78 is 5.09. The first kappa shape index (κ1) is 13.7. The van der Waals surface area contributed by atoms with Gasteiger partial charge in [0, 0.05) is 17.9 Å². The van der Waals surface area contributed by atoms with Crippen LogP contribution in [0.4, 0.5) is 0 Å². The van der Waals surface area contributed by atoms with E-state index in [4.69, 9.17) is 17.0 Å². The number of imide groups is 1. The number of hydrogen-bond donors (Lipinski definition) is 1. The molecular weight excluding hydrogens is 262 g/mol. The van der Waals surface area contributed by atoms with Gasteiger partial charge in [-0.1, -0.05) is 24.3 Å². The minimum absolute atomic E-state index is 0.182. The summed E-state index contributed by atoms with van der Waals surface area (Å²) in [6, 6.07) is 7.61. The van der Waals surface area contributed by atoms with Gasteiger partial charge in [-0.15, -0.1) is 0 Å². The fourth-order valence-electron chi connectivity index (χ4n) is 2.21. The number of amides is 2. The van der Waals surface area contributed by atoms with Gasteiger partial charge >= 0.3 is 0 Å². The van der Waals surface area contributed by atoms with Gasteiger partial charge in [-0.05, 0) is 30.6 Å². The van der Waals surface area contributed by atoms with E-state index in [0.29, 0.717) is 24.3 Å². The maximum absolute atomic E-state index is 11.8. The molecule has 0 bridgehead atoms. The van der Waals surface area contributed by atoms with Crippen LogP contribution in [0.5, 0.6) is 0 Å². The van der Waals surface area contributed by atoms with Crippen molar-refractivity contribution in [3.8, 4) is 0 Å². The first-order valence-corrected chi connectivity index (χ1v) is 6.52. The van der Waals surface area contributed by atoms with Gasteiger partial charge in [-0.25, -0.2) is 0 Å². The lowest BCUT2D eigenvalue weighted by Gasteiger charge is -2.21. The van der Waals surface area contributed by atoms with Crippen molar-refractivity contribution in [1.82, 2.24) is 5.32 Å². The zero-order chi connectivity index (χ0) is 13.8. The number of thiocarbonyl (C=S) groups is 1. The van der Waals surface area contributed by atoms with Crippen LogP contribution >= 0.6 is 12.2 Å². The van der Waals surface area contributed by atoms with Crippen molar-refractivity contribution in [2.45, 2.75) is 19.3 Å². The Hall–Kier alpha value is -1.75. The minimum atomic E-state index is -0.200. The van der Waals surface area contributed by atoms with Crippen molar-refractivity contribution in [3.05, 3.63) is 35.4 Å². The molecule has 1 unspecified atom stereocenters. The molecule has 0 aromatic heterocycles. The number of rotatable bonds is 3. The molecule has 1 N–H and O–H groups in total. The Bertz CT molecular complexity index is 527. The number of carbonyl (C=O) groups excluding carboxylic acids is 2. The Morgan fingerprint density at radius 3 is 2.84 bits per heavy atom. The summed E-state index contributed by atoms with van der Waals surface area (Å²) in [6.45, 7) is 0. The molecular formula is C14H15NO3S. The van der Waals surface area contributed by atoms with E-state index in [0.717, 1.165) is 11.1 Å². The van der Waals surface area contributed by atoms with E-state index in [-0.39, 0.29) is 17.7 Å². The highest BCUT2D eigenvalue weighted by atomic mass is 32.1. The van der Waals surface area contributed by atoms with Crippen molar-refractivity contribution in [2.24, 2.45) is 5.92 Å². The number of ether oxygens (including phenoxy) is 1.